The van der Waals surface area contributed by atoms with Crippen LogP contribution >= 0.6 is 22.9 Å². The van der Waals surface area contributed by atoms with Crippen LogP contribution in [0.15, 0.2) is 15.9 Å². The zero-order valence-electron chi connectivity index (χ0n) is 9.97. The first kappa shape index (κ1) is 12.0. The van der Waals surface area contributed by atoms with Gasteiger partial charge in [-0.25, -0.2) is 0 Å². The number of anilines is 1. The van der Waals surface area contributed by atoms with Crippen molar-refractivity contribution < 1.29 is 4.42 Å². The van der Waals surface area contributed by atoms with Crippen LogP contribution < -0.4 is 4.90 Å². The fourth-order valence-corrected chi connectivity index (χ4v) is 2.94. The Balaban J connectivity index is 1.80. The average Bonchev–Trinajstić information content (AvgIpc) is 2.98. The highest BCUT2D eigenvalue weighted by molar-refractivity contribution is 7.14. The van der Waals surface area contributed by atoms with Crippen molar-refractivity contribution in [2.24, 2.45) is 0 Å². The molecule has 1 saturated heterocycles. The summed E-state index contributed by atoms with van der Waals surface area (Å²) >= 11 is 7.56. The summed E-state index contributed by atoms with van der Waals surface area (Å²) in [5.41, 5.74) is 0. The molecule has 18 heavy (non-hydrogen) atoms. The molecule has 5 nitrogen and oxygen atoms in total. The number of hydrogen-bond donors (Lipinski definition) is 0. The first-order valence-electron chi connectivity index (χ1n) is 5.74. The normalized spacial score (nSPS) is 17.3. The SMILES string of the molecule is CN1CCN(c2nnc(-c3sccc3Cl)o2)CC1. The van der Waals surface area contributed by atoms with Gasteiger partial charge in [-0.05, 0) is 18.5 Å². The number of aromatic nitrogens is 2. The fourth-order valence-electron chi connectivity index (χ4n) is 1.88. The summed E-state index contributed by atoms with van der Waals surface area (Å²) in [5.74, 6) is 0.504. The van der Waals surface area contributed by atoms with Crippen LogP contribution in [0.25, 0.3) is 10.8 Å². The van der Waals surface area contributed by atoms with Gasteiger partial charge < -0.3 is 14.2 Å². The zero-order chi connectivity index (χ0) is 12.5. The van der Waals surface area contributed by atoms with E-state index in [1.807, 2.05) is 11.4 Å². The minimum Gasteiger partial charge on any atom is -0.402 e. The molecular weight excluding hydrogens is 272 g/mol. The van der Waals surface area contributed by atoms with E-state index in [0.29, 0.717) is 16.9 Å². The second-order valence-corrected chi connectivity index (χ2v) is 5.60. The highest BCUT2D eigenvalue weighted by Crippen LogP contribution is 2.33. The van der Waals surface area contributed by atoms with Crippen molar-refractivity contribution in [3.8, 4) is 10.8 Å². The number of likely N-dealkylation sites (N-methyl/N-ethyl adjacent to an activating group) is 1. The largest absolute Gasteiger partial charge is 0.402 e. The van der Waals surface area contributed by atoms with E-state index < -0.39 is 0 Å². The zero-order valence-corrected chi connectivity index (χ0v) is 11.5. The van der Waals surface area contributed by atoms with Gasteiger partial charge in [-0.2, -0.15) is 0 Å². The van der Waals surface area contributed by atoms with Crippen LogP contribution in [0.4, 0.5) is 6.01 Å². The Hall–Kier alpha value is -1.11. The Morgan fingerprint density at radius 1 is 1.28 bits per heavy atom. The van der Waals surface area contributed by atoms with Gasteiger partial charge >= 0.3 is 6.01 Å². The van der Waals surface area contributed by atoms with Gasteiger partial charge in [0.1, 0.15) is 4.88 Å². The van der Waals surface area contributed by atoms with Gasteiger partial charge in [0.25, 0.3) is 5.89 Å². The molecule has 1 aliphatic rings. The summed E-state index contributed by atoms with van der Waals surface area (Å²) < 4.78 is 5.69. The lowest BCUT2D eigenvalue weighted by Crippen LogP contribution is -2.44. The molecule has 7 heteroatoms. The summed E-state index contributed by atoms with van der Waals surface area (Å²) in [7, 11) is 2.11. The van der Waals surface area contributed by atoms with Crippen LogP contribution in [-0.4, -0.2) is 48.3 Å². The molecule has 2 aromatic rings. The molecule has 1 aliphatic heterocycles. The van der Waals surface area contributed by atoms with Gasteiger partial charge in [0, 0.05) is 26.2 Å². The first-order valence-corrected chi connectivity index (χ1v) is 7.00. The smallest absolute Gasteiger partial charge is 0.318 e. The Bertz CT molecular complexity index is 533. The van der Waals surface area contributed by atoms with E-state index in [9.17, 15) is 0 Å². The van der Waals surface area contributed by atoms with Gasteiger partial charge in [-0.1, -0.05) is 16.7 Å². The standard InChI is InChI=1S/C11H13ClN4OS/c1-15-3-5-16(6-4-15)11-14-13-10(17-11)9-8(12)2-7-18-9/h2,7H,3-6H2,1H3. The van der Waals surface area contributed by atoms with Crippen LogP contribution in [0.2, 0.25) is 5.02 Å². The van der Waals surface area contributed by atoms with E-state index in [4.69, 9.17) is 16.0 Å². The van der Waals surface area contributed by atoms with Crippen LogP contribution in [-0.2, 0) is 0 Å². The van der Waals surface area contributed by atoms with Gasteiger partial charge in [-0.15, -0.1) is 16.4 Å². The molecule has 1 fully saturated rings. The molecule has 3 heterocycles. The monoisotopic (exact) mass is 284 g/mol. The Labute approximate surface area is 114 Å². The maximum absolute atomic E-state index is 6.05. The van der Waals surface area contributed by atoms with Crippen molar-refractivity contribution >= 4 is 29.0 Å². The third kappa shape index (κ3) is 2.23. The summed E-state index contributed by atoms with van der Waals surface area (Å²) in [6.45, 7) is 3.85. The third-order valence-corrected chi connectivity index (χ3v) is 4.33. The predicted octanol–water partition coefficient (Wildman–Crippen LogP) is 2.20. The summed E-state index contributed by atoms with van der Waals surface area (Å²) in [6, 6.07) is 2.42. The highest BCUT2D eigenvalue weighted by atomic mass is 35.5. The van der Waals surface area contributed by atoms with E-state index in [2.05, 4.69) is 27.0 Å². The molecular formula is C11H13ClN4OS. The Kier molecular flexibility index (Phi) is 3.23. The molecule has 0 amide bonds. The lowest BCUT2D eigenvalue weighted by Gasteiger charge is -2.30. The number of rotatable bonds is 2. The number of halogens is 1. The molecule has 0 aromatic carbocycles. The quantitative estimate of drug-likeness (QED) is 0.846. The maximum Gasteiger partial charge on any atom is 0.318 e. The highest BCUT2D eigenvalue weighted by Gasteiger charge is 2.20. The van der Waals surface area contributed by atoms with E-state index in [1.165, 1.54) is 11.3 Å². The predicted molar refractivity (Wildman–Crippen MR) is 72.3 cm³/mol. The molecule has 0 spiro atoms. The molecule has 0 N–H and O–H groups in total. The summed E-state index contributed by atoms with van der Waals surface area (Å²) in [6.07, 6.45) is 0. The van der Waals surface area contributed by atoms with E-state index in [-0.39, 0.29) is 0 Å². The van der Waals surface area contributed by atoms with Gasteiger partial charge in [0.15, 0.2) is 0 Å². The van der Waals surface area contributed by atoms with Crippen molar-refractivity contribution in [3.05, 3.63) is 16.5 Å². The number of hydrogen-bond acceptors (Lipinski definition) is 6. The molecule has 0 aliphatic carbocycles. The number of piperazine rings is 1. The number of nitrogens with zero attached hydrogens (tertiary/aromatic N) is 4. The lowest BCUT2D eigenvalue weighted by molar-refractivity contribution is 0.305. The van der Waals surface area contributed by atoms with Crippen molar-refractivity contribution in [1.29, 1.82) is 0 Å². The second kappa shape index (κ2) is 4.87. The topological polar surface area (TPSA) is 45.4 Å². The first-order chi connectivity index (χ1) is 8.74. The molecule has 96 valence electrons. The minimum atomic E-state index is 0.504. The molecule has 0 unspecified atom stereocenters. The van der Waals surface area contributed by atoms with Crippen LogP contribution in [0.5, 0.6) is 0 Å². The van der Waals surface area contributed by atoms with Crippen LogP contribution in [0.1, 0.15) is 0 Å². The van der Waals surface area contributed by atoms with E-state index >= 15 is 0 Å². The van der Waals surface area contributed by atoms with E-state index in [0.717, 1.165) is 31.1 Å². The molecule has 0 bridgehead atoms. The maximum atomic E-state index is 6.05. The van der Waals surface area contributed by atoms with Gasteiger partial charge in [-0.3, -0.25) is 0 Å². The van der Waals surface area contributed by atoms with Gasteiger partial charge in [0.05, 0.1) is 5.02 Å². The summed E-state index contributed by atoms with van der Waals surface area (Å²) in [4.78, 5) is 5.23. The van der Waals surface area contributed by atoms with Crippen molar-refractivity contribution in [3.63, 3.8) is 0 Å². The molecule has 0 saturated carbocycles. The Morgan fingerprint density at radius 2 is 2.06 bits per heavy atom. The molecule has 3 rings (SSSR count). The Morgan fingerprint density at radius 3 is 2.72 bits per heavy atom. The lowest BCUT2D eigenvalue weighted by atomic mass is 10.3. The van der Waals surface area contributed by atoms with Crippen LogP contribution in [0, 0.1) is 0 Å². The molecule has 0 atom stereocenters. The fraction of sp³-hybridized carbons (Fsp3) is 0.455. The molecule has 2 aromatic heterocycles. The average molecular weight is 285 g/mol. The van der Waals surface area contributed by atoms with Gasteiger partial charge in [0.2, 0.25) is 0 Å². The van der Waals surface area contributed by atoms with Crippen LogP contribution in [0.3, 0.4) is 0 Å². The second-order valence-electron chi connectivity index (χ2n) is 4.28. The third-order valence-electron chi connectivity index (χ3n) is 3.00. The summed E-state index contributed by atoms with van der Waals surface area (Å²) in [5, 5.41) is 10.7. The van der Waals surface area contributed by atoms with Crippen molar-refractivity contribution in [2.45, 2.75) is 0 Å². The number of thiophene rings is 1. The minimum absolute atomic E-state index is 0.504. The van der Waals surface area contributed by atoms with Crippen molar-refractivity contribution in [1.82, 2.24) is 15.1 Å². The molecule has 0 radical (unpaired) electrons. The van der Waals surface area contributed by atoms with Crippen molar-refractivity contribution in [2.75, 3.05) is 38.1 Å². The van der Waals surface area contributed by atoms with E-state index in [1.54, 1.807) is 0 Å².